The molecule has 0 bridgehead atoms. The Labute approximate surface area is 163 Å². The molecule has 146 valence electrons. The number of hydrogen-bond donors (Lipinski definition) is 0. The van der Waals surface area contributed by atoms with E-state index in [1.54, 1.807) is 0 Å². The van der Waals surface area contributed by atoms with Crippen molar-refractivity contribution in [2.45, 2.75) is 36.0 Å². The molecule has 28 heavy (non-hydrogen) atoms. The molecule has 4 heterocycles. The molecule has 6 heteroatoms. The van der Waals surface area contributed by atoms with Gasteiger partial charge in [0.05, 0.1) is 26.4 Å². The Morgan fingerprint density at radius 2 is 0.964 bits per heavy atom. The highest BCUT2D eigenvalue weighted by Gasteiger charge is 2.68. The van der Waals surface area contributed by atoms with Gasteiger partial charge in [0.15, 0.2) is 12.6 Å². The molecule has 0 aromatic heterocycles. The lowest BCUT2D eigenvalue weighted by atomic mass is 9.88. The van der Waals surface area contributed by atoms with Gasteiger partial charge < -0.3 is 28.4 Å². The van der Waals surface area contributed by atoms with Crippen LogP contribution in [0.2, 0.25) is 0 Å². The summed E-state index contributed by atoms with van der Waals surface area (Å²) < 4.78 is 36.5. The van der Waals surface area contributed by atoms with Gasteiger partial charge in [0, 0.05) is 11.1 Å². The molecule has 6 unspecified atom stereocenters. The quantitative estimate of drug-likeness (QED) is 0.761. The summed E-state index contributed by atoms with van der Waals surface area (Å²) in [6, 6.07) is 19.9. The van der Waals surface area contributed by atoms with Crippen molar-refractivity contribution < 1.29 is 28.4 Å². The maximum atomic E-state index is 6.44. The first-order chi connectivity index (χ1) is 13.8. The Kier molecular flexibility index (Phi) is 3.88. The highest BCUT2D eigenvalue weighted by molar-refractivity contribution is 5.21. The summed E-state index contributed by atoms with van der Waals surface area (Å²) in [6.45, 7) is 2.16. The summed E-state index contributed by atoms with van der Waals surface area (Å²) in [6.07, 6.45) is -1.47. The smallest absolute Gasteiger partial charge is 0.184 e. The van der Waals surface area contributed by atoms with E-state index in [-0.39, 0.29) is 12.2 Å². The number of rotatable bonds is 3. The number of hydrogen-bond acceptors (Lipinski definition) is 6. The molecule has 6 atom stereocenters. The van der Waals surface area contributed by atoms with Crippen LogP contribution in [0.4, 0.5) is 0 Å². The lowest BCUT2D eigenvalue weighted by Crippen LogP contribution is -2.59. The van der Waals surface area contributed by atoms with Gasteiger partial charge in [0.25, 0.3) is 0 Å². The molecule has 2 aromatic carbocycles. The Balaban J connectivity index is 1.29. The highest BCUT2D eigenvalue weighted by Crippen LogP contribution is 2.51. The molecular formula is C22H22O6. The Bertz CT molecular complexity index is 761. The second kappa shape index (κ2) is 6.35. The monoisotopic (exact) mass is 382 g/mol. The van der Waals surface area contributed by atoms with Gasteiger partial charge in [-0.3, -0.25) is 0 Å². The lowest BCUT2D eigenvalue weighted by Gasteiger charge is -2.44. The molecular weight excluding hydrogens is 360 g/mol. The van der Waals surface area contributed by atoms with Crippen molar-refractivity contribution >= 4 is 0 Å². The average molecular weight is 382 g/mol. The number of epoxide rings is 2. The zero-order valence-corrected chi connectivity index (χ0v) is 15.4. The molecule has 4 fully saturated rings. The van der Waals surface area contributed by atoms with E-state index < -0.39 is 23.8 Å². The third-order valence-electron chi connectivity index (χ3n) is 5.98. The van der Waals surface area contributed by atoms with E-state index in [9.17, 15) is 0 Å². The molecule has 0 saturated carbocycles. The van der Waals surface area contributed by atoms with Crippen molar-refractivity contribution in [2.75, 3.05) is 26.4 Å². The average Bonchev–Trinajstić information content (AvgIpc) is 3.69. The van der Waals surface area contributed by atoms with Gasteiger partial charge in [-0.15, -0.1) is 0 Å². The molecule has 4 aliphatic rings. The van der Waals surface area contributed by atoms with Crippen molar-refractivity contribution in [1.82, 2.24) is 0 Å². The van der Waals surface area contributed by atoms with Crippen molar-refractivity contribution in [1.29, 1.82) is 0 Å². The van der Waals surface area contributed by atoms with Crippen molar-refractivity contribution in [3.8, 4) is 0 Å². The molecule has 2 aromatic rings. The van der Waals surface area contributed by atoms with Crippen LogP contribution in [0.3, 0.4) is 0 Å². The minimum atomic E-state index is -0.465. The summed E-state index contributed by atoms with van der Waals surface area (Å²) in [5.74, 6) is 0. The molecule has 2 spiro atoms. The van der Waals surface area contributed by atoms with E-state index >= 15 is 0 Å². The van der Waals surface area contributed by atoms with Gasteiger partial charge in [0.1, 0.15) is 23.4 Å². The molecule has 0 aliphatic carbocycles. The minimum absolute atomic E-state index is 0.288. The Hall–Kier alpha value is -1.80. The second-order valence-corrected chi connectivity index (χ2v) is 7.93. The fraction of sp³-hybridized carbons (Fsp3) is 0.455. The van der Waals surface area contributed by atoms with E-state index in [0.29, 0.717) is 26.4 Å². The van der Waals surface area contributed by atoms with Crippen LogP contribution < -0.4 is 0 Å². The van der Waals surface area contributed by atoms with Gasteiger partial charge in [-0.2, -0.15) is 0 Å². The number of ether oxygens (including phenoxy) is 6. The van der Waals surface area contributed by atoms with E-state index in [1.807, 2.05) is 60.7 Å². The van der Waals surface area contributed by atoms with Gasteiger partial charge in [0.2, 0.25) is 0 Å². The molecule has 0 radical (unpaired) electrons. The fourth-order valence-electron chi connectivity index (χ4n) is 4.14. The normalized spacial score (nSPS) is 41.9. The Morgan fingerprint density at radius 1 is 0.571 bits per heavy atom. The Morgan fingerprint density at radius 3 is 1.32 bits per heavy atom. The maximum Gasteiger partial charge on any atom is 0.184 e. The fourth-order valence-corrected chi connectivity index (χ4v) is 4.14. The van der Waals surface area contributed by atoms with Crippen molar-refractivity contribution in [3.63, 3.8) is 0 Å². The van der Waals surface area contributed by atoms with Gasteiger partial charge in [-0.25, -0.2) is 0 Å². The summed E-state index contributed by atoms with van der Waals surface area (Å²) in [7, 11) is 0. The SMILES string of the molecule is c1ccc(C2OCC3(CO3)C(C3OC(c4ccccc4)OCC34CO4)O2)cc1. The molecule has 4 aliphatic heterocycles. The standard InChI is InChI=1S/C22H22O6/c1-3-7-15(8-4-1)19-23-11-21(13-25-21)17(27-19)18-22(14-26-22)12-24-20(28-18)16-9-5-2-6-10-16/h1-10,17-20H,11-14H2. The van der Waals surface area contributed by atoms with Crippen molar-refractivity contribution in [3.05, 3.63) is 71.8 Å². The zero-order chi connectivity index (χ0) is 18.6. The van der Waals surface area contributed by atoms with Crippen LogP contribution in [0, 0.1) is 0 Å². The van der Waals surface area contributed by atoms with Crippen molar-refractivity contribution in [2.24, 2.45) is 0 Å². The highest BCUT2D eigenvalue weighted by atomic mass is 16.8. The topological polar surface area (TPSA) is 62.0 Å². The third-order valence-corrected chi connectivity index (χ3v) is 5.98. The lowest BCUT2D eigenvalue weighted by molar-refractivity contribution is -0.321. The van der Waals surface area contributed by atoms with Crippen LogP contribution in [-0.4, -0.2) is 49.8 Å². The summed E-state index contributed by atoms with van der Waals surface area (Å²) >= 11 is 0. The van der Waals surface area contributed by atoms with E-state index in [1.165, 1.54) is 0 Å². The van der Waals surface area contributed by atoms with Crippen LogP contribution in [0.25, 0.3) is 0 Å². The van der Waals surface area contributed by atoms with Crippen LogP contribution in [0.15, 0.2) is 60.7 Å². The first-order valence-corrected chi connectivity index (χ1v) is 9.70. The summed E-state index contributed by atoms with van der Waals surface area (Å²) in [5, 5.41) is 0. The van der Waals surface area contributed by atoms with Gasteiger partial charge in [-0.1, -0.05) is 60.7 Å². The third kappa shape index (κ3) is 2.80. The molecule has 6 nitrogen and oxygen atoms in total. The van der Waals surface area contributed by atoms with Crippen LogP contribution in [-0.2, 0) is 28.4 Å². The predicted octanol–water partition coefficient (Wildman–Crippen LogP) is 2.75. The van der Waals surface area contributed by atoms with E-state index in [2.05, 4.69) is 0 Å². The predicted molar refractivity (Wildman–Crippen MR) is 97.4 cm³/mol. The molecule has 6 rings (SSSR count). The molecule has 0 amide bonds. The zero-order valence-electron chi connectivity index (χ0n) is 15.4. The van der Waals surface area contributed by atoms with E-state index in [0.717, 1.165) is 11.1 Å². The minimum Gasteiger partial charge on any atom is -0.364 e. The maximum absolute atomic E-state index is 6.44. The second-order valence-electron chi connectivity index (χ2n) is 7.93. The van der Waals surface area contributed by atoms with Crippen LogP contribution >= 0.6 is 0 Å². The molecule has 0 N–H and O–H groups in total. The summed E-state index contributed by atoms with van der Waals surface area (Å²) in [4.78, 5) is 0. The van der Waals surface area contributed by atoms with Crippen LogP contribution in [0.5, 0.6) is 0 Å². The van der Waals surface area contributed by atoms with Gasteiger partial charge in [-0.05, 0) is 0 Å². The number of benzene rings is 2. The summed E-state index contributed by atoms with van der Waals surface area (Å²) in [5.41, 5.74) is 1.04. The van der Waals surface area contributed by atoms with Gasteiger partial charge >= 0.3 is 0 Å². The first-order valence-electron chi connectivity index (χ1n) is 9.70. The largest absolute Gasteiger partial charge is 0.364 e. The van der Waals surface area contributed by atoms with E-state index in [4.69, 9.17) is 28.4 Å². The molecule has 4 saturated heterocycles. The first kappa shape index (κ1) is 17.1. The van der Waals surface area contributed by atoms with Crippen LogP contribution in [0.1, 0.15) is 23.7 Å².